The predicted octanol–water partition coefficient (Wildman–Crippen LogP) is 11.3. The molecule has 0 N–H and O–H groups in total. The van der Waals surface area contributed by atoms with Crippen LogP contribution in [0.2, 0.25) is 0 Å². The summed E-state index contributed by atoms with van der Waals surface area (Å²) < 4.78 is 229. The van der Waals surface area contributed by atoms with Crippen LogP contribution in [0.3, 0.4) is 0 Å². The molecule has 0 atom stereocenters. The Kier molecular flexibility index (Phi) is 2.74. The van der Waals surface area contributed by atoms with Gasteiger partial charge in [0.05, 0.1) is 56.3 Å². The van der Waals surface area contributed by atoms with Crippen molar-refractivity contribution in [2.24, 2.45) is 0 Å². The van der Waals surface area contributed by atoms with Gasteiger partial charge in [-0.15, -0.1) is 0 Å². The number of para-hydroxylation sites is 4. The molecule has 238 valence electrons. The Bertz CT molecular complexity index is 4540. The highest BCUT2D eigenvalue weighted by Gasteiger charge is 2.23. The third kappa shape index (κ3) is 4.14. The summed E-state index contributed by atoms with van der Waals surface area (Å²) >= 11 is 0. The Morgan fingerprint density at radius 2 is 0.980 bits per heavy atom. The van der Waals surface area contributed by atoms with Crippen LogP contribution >= 0.6 is 0 Å². The lowest BCUT2D eigenvalue weighted by atomic mass is 10.1. The topological polar surface area (TPSA) is 61.7 Å². The van der Waals surface area contributed by atoms with Crippen molar-refractivity contribution in [3.8, 4) is 34.4 Å². The first-order valence-corrected chi connectivity index (χ1v) is 15.0. The standard InChI is InChI=1S/C45H27N5O/c1-3-13-28(14-4-1)43-46-44(29-23-26-40-36(27-29)33-19-9-12-22-39(33)51-40)48-45(47-43)50-38-21-11-8-18-32(38)35-25-24-34-31-17-7-10-20-37(31)49(41(34)42(35)50)30-15-5-2-6-16-30/h1-27H/i1D,2D,3D,4D,5D,6D,7D,8D,9D,10D,11D,12D,13D,14D,15D,16D,17D,18D,19D,20D,21D,22D,23D,26D,27D. The normalized spacial score (nSPS) is 18.8. The van der Waals surface area contributed by atoms with Gasteiger partial charge in [-0.05, 0) is 48.3 Å². The van der Waals surface area contributed by atoms with Crippen LogP contribution < -0.4 is 0 Å². The van der Waals surface area contributed by atoms with Crippen molar-refractivity contribution in [1.29, 1.82) is 0 Å². The third-order valence-corrected chi connectivity index (χ3v) is 8.29. The molecule has 4 heterocycles. The number of aromatic nitrogens is 5. The molecule has 0 fully saturated rings. The van der Waals surface area contributed by atoms with Gasteiger partial charge in [0.2, 0.25) is 5.95 Å². The van der Waals surface area contributed by atoms with Crippen LogP contribution in [0.15, 0.2) is 168 Å². The van der Waals surface area contributed by atoms with Crippen LogP contribution in [-0.2, 0) is 0 Å². The van der Waals surface area contributed by atoms with Crippen molar-refractivity contribution >= 4 is 65.6 Å². The molecule has 0 saturated carbocycles. The average molecular weight is 679 g/mol. The van der Waals surface area contributed by atoms with Crippen LogP contribution in [0, 0.1) is 0 Å². The molecule has 4 aromatic heterocycles. The lowest BCUT2D eigenvalue weighted by Gasteiger charge is -2.13. The Hall–Kier alpha value is -7.05. The van der Waals surface area contributed by atoms with Crippen molar-refractivity contribution in [3.05, 3.63) is 163 Å². The number of hydrogen-bond acceptors (Lipinski definition) is 4. The zero-order valence-electron chi connectivity index (χ0n) is 50.3. The predicted molar refractivity (Wildman–Crippen MR) is 207 cm³/mol. The number of nitrogens with zero attached hydrogens (tertiary/aromatic N) is 5. The zero-order chi connectivity index (χ0) is 55.2. The van der Waals surface area contributed by atoms with Crippen LogP contribution in [0.4, 0.5) is 0 Å². The number of furan rings is 1. The van der Waals surface area contributed by atoms with Gasteiger partial charge in [0, 0.05) is 49.1 Å². The Balaban J connectivity index is 1.44. The van der Waals surface area contributed by atoms with Gasteiger partial charge in [0.15, 0.2) is 11.6 Å². The van der Waals surface area contributed by atoms with Gasteiger partial charge in [-0.3, -0.25) is 4.57 Å². The van der Waals surface area contributed by atoms with Crippen molar-refractivity contribution in [3.63, 3.8) is 0 Å². The summed E-state index contributed by atoms with van der Waals surface area (Å²) in [4.78, 5) is 13.7. The maximum absolute atomic E-state index is 9.61. The molecule has 0 radical (unpaired) electrons. The first-order valence-electron chi connectivity index (χ1n) is 27.5. The molecule has 6 heteroatoms. The minimum Gasteiger partial charge on any atom is -0.456 e. The minimum absolute atomic E-state index is 0.108. The molecule has 0 amide bonds. The molecule has 6 nitrogen and oxygen atoms in total. The second-order valence-corrected chi connectivity index (χ2v) is 11.0. The molecule has 0 aliphatic carbocycles. The van der Waals surface area contributed by atoms with E-state index in [1.165, 1.54) is 12.1 Å². The summed E-state index contributed by atoms with van der Waals surface area (Å²) in [5, 5.41) is -1.58. The van der Waals surface area contributed by atoms with E-state index in [2.05, 4.69) is 15.0 Å². The molecule has 0 bridgehead atoms. The van der Waals surface area contributed by atoms with E-state index < -0.39 is 213 Å². The quantitative estimate of drug-likeness (QED) is 0.186. The molecular weight excluding hydrogens is 627 g/mol. The first kappa shape index (κ1) is 13.0. The van der Waals surface area contributed by atoms with E-state index >= 15 is 0 Å². The van der Waals surface area contributed by atoms with Gasteiger partial charge >= 0.3 is 0 Å². The molecule has 11 aromatic rings. The number of rotatable bonds is 4. The molecule has 0 unspecified atom stereocenters. The summed E-state index contributed by atoms with van der Waals surface area (Å²) in [6.45, 7) is 0. The molecule has 0 aliphatic heterocycles. The molecular formula is C45H27N5O. The van der Waals surface area contributed by atoms with Gasteiger partial charge in [0.25, 0.3) is 0 Å². The highest BCUT2D eigenvalue weighted by atomic mass is 16.3. The molecule has 7 aromatic carbocycles. The minimum atomic E-state index is -0.893. The highest BCUT2D eigenvalue weighted by molar-refractivity contribution is 6.23. The van der Waals surface area contributed by atoms with E-state index in [1.807, 2.05) is 0 Å². The first-order chi connectivity index (χ1) is 35.7. The largest absolute Gasteiger partial charge is 0.456 e. The molecule has 51 heavy (non-hydrogen) atoms. The van der Waals surface area contributed by atoms with Crippen LogP contribution in [0.5, 0.6) is 0 Å². The van der Waals surface area contributed by atoms with E-state index in [9.17, 15) is 8.22 Å². The smallest absolute Gasteiger partial charge is 0.238 e. The fraction of sp³-hybridized carbons (Fsp3) is 0. The van der Waals surface area contributed by atoms with E-state index in [0.29, 0.717) is 0 Å². The summed E-state index contributed by atoms with van der Waals surface area (Å²) in [6.07, 6.45) is 0. The monoisotopic (exact) mass is 678 g/mol. The Morgan fingerprint density at radius 1 is 0.431 bits per heavy atom. The van der Waals surface area contributed by atoms with Crippen molar-refractivity contribution < 1.29 is 38.7 Å². The van der Waals surface area contributed by atoms with Crippen LogP contribution in [0.25, 0.3) is 100.0 Å². The second-order valence-electron chi connectivity index (χ2n) is 11.0. The number of hydrogen-bond donors (Lipinski definition) is 0. The van der Waals surface area contributed by atoms with E-state index in [1.54, 1.807) is 0 Å². The van der Waals surface area contributed by atoms with Gasteiger partial charge in [0.1, 0.15) is 11.2 Å². The summed E-state index contributed by atoms with van der Waals surface area (Å²) in [7, 11) is 0. The van der Waals surface area contributed by atoms with Gasteiger partial charge in [-0.1, -0.05) is 115 Å². The summed E-state index contributed by atoms with van der Waals surface area (Å²) in [6, 6.07) is -17.3. The fourth-order valence-electron chi connectivity index (χ4n) is 6.24. The summed E-state index contributed by atoms with van der Waals surface area (Å²) in [5.74, 6) is -2.37. The molecule has 0 aliphatic rings. The fourth-order valence-corrected chi connectivity index (χ4v) is 6.24. The van der Waals surface area contributed by atoms with E-state index in [0.717, 1.165) is 9.13 Å². The van der Waals surface area contributed by atoms with Crippen molar-refractivity contribution in [2.75, 3.05) is 0 Å². The van der Waals surface area contributed by atoms with Gasteiger partial charge in [-0.25, -0.2) is 4.98 Å². The van der Waals surface area contributed by atoms with Crippen LogP contribution in [-0.4, -0.2) is 24.1 Å². The van der Waals surface area contributed by atoms with Crippen molar-refractivity contribution in [2.45, 2.75) is 0 Å². The maximum atomic E-state index is 9.61. The Labute approximate surface area is 326 Å². The third-order valence-electron chi connectivity index (χ3n) is 8.29. The maximum Gasteiger partial charge on any atom is 0.238 e. The van der Waals surface area contributed by atoms with Crippen molar-refractivity contribution in [1.82, 2.24) is 24.1 Å². The molecule has 0 spiro atoms. The average Bonchev–Trinajstić information content (AvgIpc) is 4.12. The van der Waals surface area contributed by atoms with Crippen LogP contribution in [0.1, 0.15) is 34.3 Å². The molecule has 0 saturated heterocycles. The lowest BCUT2D eigenvalue weighted by Crippen LogP contribution is -2.07. The van der Waals surface area contributed by atoms with Gasteiger partial charge < -0.3 is 8.98 Å². The molecule has 11 rings (SSSR count). The number of fused-ring (bicyclic) bond motifs is 10. The highest BCUT2D eigenvalue weighted by Crippen LogP contribution is 2.41. The lowest BCUT2D eigenvalue weighted by molar-refractivity contribution is 0.669. The number of benzene rings is 7. The second kappa shape index (κ2) is 10.7. The SMILES string of the molecule is [2H]c1c([2H])c([2H])c(-c2nc(-c3c([2H])c([2H])c4oc5c([2H])c([2H])c([2H])c([2H])c5c4c3[2H])nc(-n3c4c([2H])c([2H])c([2H])c([2H])c4c4ccc5c6c([2H])c([2H])c([2H])c([2H])c6n(-c6c([2H])c([2H])c([2H])c([2H])c6[2H])c5c43)n2)c([2H])c1[2H]. The summed E-state index contributed by atoms with van der Waals surface area (Å²) in [5.41, 5.74) is -4.62. The Morgan fingerprint density at radius 3 is 1.71 bits per heavy atom. The van der Waals surface area contributed by atoms with E-state index in [-0.39, 0.29) is 38.0 Å². The van der Waals surface area contributed by atoms with E-state index in [4.69, 9.17) is 30.5 Å². The van der Waals surface area contributed by atoms with Gasteiger partial charge in [-0.2, -0.15) is 9.97 Å². The zero-order valence-corrected chi connectivity index (χ0v) is 25.3.